The van der Waals surface area contributed by atoms with Crippen molar-refractivity contribution in [3.63, 3.8) is 0 Å². The summed E-state index contributed by atoms with van der Waals surface area (Å²) < 4.78 is 14.4. The van der Waals surface area contributed by atoms with Crippen LogP contribution >= 0.6 is 0 Å². The van der Waals surface area contributed by atoms with Gasteiger partial charge in [0, 0.05) is 61.1 Å². The molecule has 9 heteroatoms. The number of rotatable bonds is 2. The lowest BCUT2D eigenvalue weighted by atomic mass is 10.1. The van der Waals surface area contributed by atoms with Gasteiger partial charge < -0.3 is 15.5 Å². The highest BCUT2D eigenvalue weighted by atomic mass is 19.1. The first-order chi connectivity index (χ1) is 14.1. The third-order valence-electron chi connectivity index (χ3n) is 5.57. The molecule has 2 amide bonds. The first kappa shape index (κ1) is 17.9. The quantitative estimate of drug-likeness (QED) is 0.620. The Morgan fingerprint density at radius 3 is 3.10 bits per heavy atom. The van der Waals surface area contributed by atoms with Crippen LogP contribution in [0.1, 0.15) is 12.5 Å². The average molecular weight is 395 g/mol. The normalized spacial score (nSPS) is 18.9. The van der Waals surface area contributed by atoms with E-state index in [0.29, 0.717) is 23.9 Å². The number of benzene rings is 1. The topological polar surface area (TPSA) is 89.2 Å². The zero-order valence-electron chi connectivity index (χ0n) is 16.1. The Kier molecular flexibility index (Phi) is 4.31. The summed E-state index contributed by atoms with van der Waals surface area (Å²) in [5.74, 6) is 0.141. The van der Waals surface area contributed by atoms with Gasteiger partial charge in [-0.05, 0) is 25.5 Å². The van der Waals surface area contributed by atoms with Gasteiger partial charge in [0.1, 0.15) is 11.6 Å². The highest BCUT2D eigenvalue weighted by Crippen LogP contribution is 2.34. The fourth-order valence-corrected chi connectivity index (χ4v) is 4.16. The van der Waals surface area contributed by atoms with Crippen LogP contribution in [0.5, 0.6) is 0 Å². The Balaban J connectivity index is 1.40. The van der Waals surface area contributed by atoms with E-state index in [1.54, 1.807) is 23.4 Å². The number of H-pyrrole nitrogens is 1. The molecule has 0 unspecified atom stereocenters. The lowest BCUT2D eigenvalue weighted by molar-refractivity contribution is 0.257. The molecule has 2 aliphatic rings. The maximum absolute atomic E-state index is 14.4. The van der Waals surface area contributed by atoms with Crippen molar-refractivity contribution in [2.45, 2.75) is 19.4 Å². The fraction of sp³-hybridized carbons (Fsp3) is 0.350. The molecule has 4 heterocycles. The van der Waals surface area contributed by atoms with Gasteiger partial charge in [-0.1, -0.05) is 0 Å². The van der Waals surface area contributed by atoms with Crippen molar-refractivity contribution in [2.75, 3.05) is 41.3 Å². The molecule has 1 saturated heterocycles. The molecule has 0 aliphatic carbocycles. The standard InChI is InChI=1S/C20H22FN7O/c1-12-11-27(7-5-22-12)18-2-4-23-19-14(18)3-6-28(19)20(29)25-17-8-13-10-24-26-16(13)9-15(17)21/h2,4,8-10,12,22H,3,5-7,11H2,1H3,(H,24,26)(H,25,29)/t12-/m0/s1. The van der Waals surface area contributed by atoms with E-state index < -0.39 is 5.82 Å². The molecule has 29 heavy (non-hydrogen) atoms. The highest BCUT2D eigenvalue weighted by Gasteiger charge is 2.30. The molecular weight excluding hydrogens is 373 g/mol. The van der Waals surface area contributed by atoms with Crippen molar-refractivity contribution in [1.82, 2.24) is 20.5 Å². The van der Waals surface area contributed by atoms with E-state index in [9.17, 15) is 9.18 Å². The van der Waals surface area contributed by atoms with Gasteiger partial charge >= 0.3 is 6.03 Å². The van der Waals surface area contributed by atoms with Gasteiger partial charge in [0.2, 0.25) is 0 Å². The zero-order chi connectivity index (χ0) is 20.0. The van der Waals surface area contributed by atoms with Crippen molar-refractivity contribution in [2.24, 2.45) is 0 Å². The maximum atomic E-state index is 14.4. The lowest BCUT2D eigenvalue weighted by Gasteiger charge is -2.34. The fourth-order valence-electron chi connectivity index (χ4n) is 4.16. The minimum absolute atomic E-state index is 0.129. The minimum atomic E-state index is -0.508. The van der Waals surface area contributed by atoms with Crippen LogP contribution in [0.15, 0.2) is 30.6 Å². The van der Waals surface area contributed by atoms with Crippen LogP contribution in [0.4, 0.5) is 26.4 Å². The molecule has 0 bridgehead atoms. The van der Waals surface area contributed by atoms with Crippen LogP contribution in [0.2, 0.25) is 0 Å². The molecule has 150 valence electrons. The van der Waals surface area contributed by atoms with E-state index in [1.165, 1.54) is 6.07 Å². The van der Waals surface area contributed by atoms with Crippen LogP contribution in [-0.2, 0) is 6.42 Å². The first-order valence-electron chi connectivity index (χ1n) is 9.77. The SMILES string of the molecule is C[C@H]1CN(c2ccnc3c2CCN3C(=O)Nc2cc3cn[nH]c3cc2F)CCN1. The number of aromatic amines is 1. The summed E-state index contributed by atoms with van der Waals surface area (Å²) in [7, 11) is 0. The Morgan fingerprint density at radius 1 is 1.34 bits per heavy atom. The number of aromatic nitrogens is 3. The van der Waals surface area contributed by atoms with E-state index in [-0.39, 0.29) is 11.7 Å². The van der Waals surface area contributed by atoms with E-state index in [4.69, 9.17) is 0 Å². The molecule has 0 spiro atoms. The summed E-state index contributed by atoms with van der Waals surface area (Å²) in [5, 5.41) is 13.5. The van der Waals surface area contributed by atoms with Gasteiger partial charge in [0.05, 0.1) is 17.4 Å². The zero-order valence-corrected chi connectivity index (χ0v) is 16.1. The molecule has 0 radical (unpaired) electrons. The average Bonchev–Trinajstić information content (AvgIpc) is 3.34. The second kappa shape index (κ2) is 7.00. The number of hydrogen-bond acceptors (Lipinski definition) is 5. The number of urea groups is 1. The van der Waals surface area contributed by atoms with E-state index in [2.05, 4.69) is 37.6 Å². The van der Waals surface area contributed by atoms with Gasteiger partial charge in [-0.25, -0.2) is 14.2 Å². The molecule has 2 aromatic heterocycles. The van der Waals surface area contributed by atoms with Gasteiger partial charge in [-0.3, -0.25) is 10.00 Å². The van der Waals surface area contributed by atoms with Crippen LogP contribution < -0.4 is 20.4 Å². The summed E-state index contributed by atoms with van der Waals surface area (Å²) in [6, 6.07) is 4.95. The van der Waals surface area contributed by atoms with Crippen LogP contribution in [0.25, 0.3) is 10.9 Å². The third kappa shape index (κ3) is 3.17. The van der Waals surface area contributed by atoms with Crippen molar-refractivity contribution >= 4 is 34.1 Å². The van der Waals surface area contributed by atoms with Gasteiger partial charge in [0.15, 0.2) is 0 Å². The van der Waals surface area contributed by atoms with E-state index in [1.807, 2.05) is 6.07 Å². The number of nitrogens with zero attached hydrogens (tertiary/aromatic N) is 4. The van der Waals surface area contributed by atoms with Gasteiger partial charge in [-0.15, -0.1) is 0 Å². The summed E-state index contributed by atoms with van der Waals surface area (Å²) >= 11 is 0. The Labute approximate surface area is 167 Å². The Bertz CT molecular complexity index is 1080. The van der Waals surface area contributed by atoms with Crippen molar-refractivity contribution < 1.29 is 9.18 Å². The van der Waals surface area contributed by atoms with Gasteiger partial charge in [0.25, 0.3) is 0 Å². The smallest absolute Gasteiger partial charge is 0.327 e. The molecule has 5 rings (SSSR count). The molecule has 1 aromatic carbocycles. The first-order valence-corrected chi connectivity index (χ1v) is 9.77. The number of halogens is 1. The van der Waals surface area contributed by atoms with Crippen molar-refractivity contribution in [3.05, 3.63) is 42.0 Å². The van der Waals surface area contributed by atoms with E-state index >= 15 is 0 Å². The number of fused-ring (bicyclic) bond motifs is 2. The number of carbonyl (C=O) groups is 1. The van der Waals surface area contributed by atoms with Crippen LogP contribution in [-0.4, -0.2) is 53.4 Å². The molecule has 0 saturated carbocycles. The number of amides is 2. The lowest BCUT2D eigenvalue weighted by Crippen LogP contribution is -2.49. The molecular formula is C20H22FN7O. The second-order valence-corrected chi connectivity index (χ2v) is 7.55. The molecule has 3 N–H and O–H groups in total. The molecule has 1 atom stereocenters. The number of pyridine rings is 1. The summed E-state index contributed by atoms with van der Waals surface area (Å²) in [6.45, 7) is 5.45. The Morgan fingerprint density at radius 2 is 2.24 bits per heavy atom. The van der Waals surface area contributed by atoms with E-state index in [0.717, 1.165) is 42.7 Å². The predicted octanol–water partition coefficient (Wildman–Crippen LogP) is 2.49. The van der Waals surface area contributed by atoms with Crippen LogP contribution in [0.3, 0.4) is 0 Å². The second-order valence-electron chi connectivity index (χ2n) is 7.55. The summed E-state index contributed by atoms with van der Waals surface area (Å²) in [6.07, 6.45) is 4.07. The molecule has 3 aromatic rings. The summed E-state index contributed by atoms with van der Waals surface area (Å²) in [4.78, 5) is 21.3. The molecule has 8 nitrogen and oxygen atoms in total. The number of anilines is 3. The predicted molar refractivity (Wildman–Crippen MR) is 110 cm³/mol. The largest absolute Gasteiger partial charge is 0.368 e. The van der Waals surface area contributed by atoms with Crippen molar-refractivity contribution in [3.8, 4) is 0 Å². The molecule has 1 fully saturated rings. The van der Waals surface area contributed by atoms with Crippen molar-refractivity contribution in [1.29, 1.82) is 0 Å². The number of piperazine rings is 1. The molecule has 2 aliphatic heterocycles. The Hall–Kier alpha value is -3.20. The third-order valence-corrected chi connectivity index (χ3v) is 5.57. The number of hydrogen-bond donors (Lipinski definition) is 3. The monoisotopic (exact) mass is 395 g/mol. The van der Waals surface area contributed by atoms with Crippen LogP contribution in [0, 0.1) is 5.82 Å². The number of carbonyl (C=O) groups excluding carboxylic acids is 1. The number of nitrogens with one attached hydrogen (secondary N) is 3. The summed E-state index contributed by atoms with van der Waals surface area (Å²) in [5.41, 5.74) is 2.92. The minimum Gasteiger partial charge on any atom is -0.368 e. The highest BCUT2D eigenvalue weighted by molar-refractivity contribution is 6.04. The van der Waals surface area contributed by atoms with Gasteiger partial charge in [-0.2, -0.15) is 5.10 Å². The maximum Gasteiger partial charge on any atom is 0.327 e.